The minimum absolute atomic E-state index is 0.0539. The van der Waals surface area contributed by atoms with Crippen molar-refractivity contribution in [3.63, 3.8) is 0 Å². The minimum Gasteiger partial charge on any atom is -0.250 e. The van der Waals surface area contributed by atoms with Gasteiger partial charge in [-0.05, 0) is 19.1 Å². The topological polar surface area (TPSA) is 99.0 Å². The summed E-state index contributed by atoms with van der Waals surface area (Å²) in [5.74, 6) is -0.791. The number of sulfone groups is 1. The van der Waals surface area contributed by atoms with Crippen molar-refractivity contribution in [2.24, 2.45) is 0 Å². The van der Waals surface area contributed by atoms with Crippen molar-refractivity contribution in [2.45, 2.75) is 23.4 Å². The molecule has 1 aromatic carbocycles. The van der Waals surface area contributed by atoms with Gasteiger partial charge in [-0.3, -0.25) is 4.68 Å². The van der Waals surface area contributed by atoms with Crippen molar-refractivity contribution >= 4 is 20.1 Å². The van der Waals surface area contributed by atoms with Crippen molar-refractivity contribution < 1.29 is 20.7 Å². The van der Waals surface area contributed by atoms with Gasteiger partial charge >= 0.3 is 10.2 Å². The molecule has 0 aliphatic rings. The van der Waals surface area contributed by atoms with Crippen molar-refractivity contribution in [1.82, 2.24) is 15.0 Å². The predicted molar refractivity (Wildman–Crippen MR) is 71.5 cm³/mol. The van der Waals surface area contributed by atoms with Crippen molar-refractivity contribution in [1.29, 1.82) is 0 Å². The van der Waals surface area contributed by atoms with Gasteiger partial charge in [0.05, 0.1) is 23.4 Å². The van der Waals surface area contributed by atoms with E-state index in [2.05, 4.69) is 10.3 Å². The molecule has 0 bridgehead atoms. The fourth-order valence-electron chi connectivity index (χ4n) is 1.55. The first-order valence-corrected chi connectivity index (χ1v) is 8.86. The van der Waals surface area contributed by atoms with Crippen LogP contribution < -0.4 is 0 Å². The lowest BCUT2D eigenvalue weighted by molar-refractivity contribution is 0.537. The predicted octanol–water partition coefficient (Wildman–Crippen LogP) is 0.719. The Bertz CT molecular complexity index is 842. The first-order valence-electron chi connectivity index (χ1n) is 5.83. The number of aryl methyl sites for hydroxylation is 2. The second-order valence-corrected chi connectivity index (χ2v) is 7.76. The van der Waals surface area contributed by atoms with Crippen LogP contribution in [0.25, 0.3) is 0 Å². The summed E-state index contributed by atoms with van der Waals surface area (Å²) in [7, 11) is -8.47. The Balaban J connectivity index is 2.26. The molecule has 0 aliphatic carbocycles. The van der Waals surface area contributed by atoms with E-state index in [4.69, 9.17) is 0 Å². The monoisotopic (exact) mass is 333 g/mol. The van der Waals surface area contributed by atoms with Gasteiger partial charge in [0.2, 0.25) is 14.9 Å². The zero-order valence-electron chi connectivity index (χ0n) is 11.0. The normalized spacial score (nSPS) is 12.5. The van der Waals surface area contributed by atoms with Crippen molar-refractivity contribution in [2.75, 3.05) is 5.75 Å². The van der Waals surface area contributed by atoms with Gasteiger partial charge in [-0.15, -0.1) is 8.98 Å². The van der Waals surface area contributed by atoms with Crippen LogP contribution in [0.15, 0.2) is 40.4 Å². The fraction of sp³-hybridized carbons (Fsp3) is 0.273. The summed E-state index contributed by atoms with van der Waals surface area (Å²) in [6.07, 6.45) is 1.07. The molecule has 7 nitrogen and oxygen atoms in total. The molecule has 0 aliphatic heterocycles. The Hall–Kier alpha value is -1.81. The van der Waals surface area contributed by atoms with Gasteiger partial charge in [0.1, 0.15) is 0 Å². The summed E-state index contributed by atoms with van der Waals surface area (Å²) in [4.78, 5) is 0.0539. The summed E-state index contributed by atoms with van der Waals surface area (Å²) in [6, 6.07) is 6.17. The first-order chi connectivity index (χ1) is 9.68. The van der Waals surface area contributed by atoms with Crippen LogP contribution in [0.2, 0.25) is 0 Å². The molecule has 0 N–H and O–H groups in total. The number of benzene rings is 1. The zero-order valence-corrected chi connectivity index (χ0v) is 12.6. The zero-order chi connectivity index (χ0) is 15.7. The highest BCUT2D eigenvalue weighted by molar-refractivity contribution is 7.91. The molecule has 21 heavy (non-hydrogen) atoms. The Kier molecular flexibility index (Phi) is 4.10. The maximum absolute atomic E-state index is 12.4. The fourth-order valence-corrected chi connectivity index (χ4v) is 3.10. The average molecular weight is 333 g/mol. The molecule has 0 spiro atoms. The molecule has 2 aromatic rings. The molecule has 2 rings (SSSR count). The number of hydrogen-bond donors (Lipinski definition) is 0. The molecule has 1 aromatic heterocycles. The SMILES string of the molecule is Cc1ccc(S(=O)(=O)c2cn(CCS(=O)(=O)F)nn2)cc1. The highest BCUT2D eigenvalue weighted by atomic mass is 32.3. The lowest BCUT2D eigenvalue weighted by Gasteiger charge is -2.00. The number of halogens is 1. The van der Waals surface area contributed by atoms with Gasteiger partial charge in [0.25, 0.3) is 0 Å². The summed E-state index contributed by atoms with van der Waals surface area (Å²) in [6.45, 7) is 1.51. The molecule has 0 unspecified atom stereocenters. The standard InChI is InChI=1S/C11H12FN3O4S2/c1-9-2-4-10(5-3-9)21(18,19)11-8-15(14-13-11)6-7-20(12,16)17/h2-5,8H,6-7H2,1H3. The van der Waals surface area contributed by atoms with E-state index < -0.39 is 25.8 Å². The van der Waals surface area contributed by atoms with E-state index in [9.17, 15) is 20.7 Å². The Morgan fingerprint density at radius 1 is 1.14 bits per heavy atom. The van der Waals surface area contributed by atoms with Crippen LogP contribution in [0, 0.1) is 6.92 Å². The van der Waals surface area contributed by atoms with Crippen LogP contribution in [0.4, 0.5) is 3.89 Å². The summed E-state index contributed by atoms with van der Waals surface area (Å²) in [5.41, 5.74) is 0.908. The van der Waals surface area contributed by atoms with Gasteiger partial charge in [-0.25, -0.2) is 8.42 Å². The van der Waals surface area contributed by atoms with Crippen LogP contribution in [0.1, 0.15) is 5.56 Å². The number of hydrogen-bond acceptors (Lipinski definition) is 6. The second kappa shape index (κ2) is 5.53. The van der Waals surface area contributed by atoms with E-state index in [-0.39, 0.29) is 16.5 Å². The maximum atomic E-state index is 12.4. The number of aromatic nitrogens is 3. The highest BCUT2D eigenvalue weighted by Crippen LogP contribution is 2.18. The highest BCUT2D eigenvalue weighted by Gasteiger charge is 2.21. The molecule has 0 saturated heterocycles. The molecule has 0 saturated carbocycles. The van der Waals surface area contributed by atoms with Gasteiger partial charge in [-0.2, -0.15) is 8.42 Å². The quantitative estimate of drug-likeness (QED) is 0.748. The van der Waals surface area contributed by atoms with Gasteiger partial charge in [0.15, 0.2) is 0 Å². The van der Waals surface area contributed by atoms with E-state index in [0.29, 0.717) is 0 Å². The van der Waals surface area contributed by atoms with E-state index in [1.807, 2.05) is 6.92 Å². The molecule has 0 atom stereocenters. The van der Waals surface area contributed by atoms with Crippen LogP contribution in [-0.4, -0.2) is 37.6 Å². The maximum Gasteiger partial charge on any atom is 0.304 e. The van der Waals surface area contributed by atoms with Gasteiger partial charge in [0, 0.05) is 0 Å². The molecular formula is C11H12FN3O4S2. The third-order valence-electron chi connectivity index (χ3n) is 2.69. The summed E-state index contributed by atoms with van der Waals surface area (Å²) < 4.78 is 58.7. The Labute approximate surface area is 121 Å². The van der Waals surface area contributed by atoms with E-state index in [0.717, 1.165) is 16.4 Å². The third-order valence-corrected chi connectivity index (χ3v) is 4.99. The Morgan fingerprint density at radius 3 is 2.33 bits per heavy atom. The lowest BCUT2D eigenvalue weighted by Crippen LogP contribution is -2.09. The van der Waals surface area contributed by atoms with Crippen LogP contribution in [0.5, 0.6) is 0 Å². The molecular weight excluding hydrogens is 321 g/mol. The van der Waals surface area contributed by atoms with E-state index in [1.54, 1.807) is 12.1 Å². The smallest absolute Gasteiger partial charge is 0.250 e. The van der Waals surface area contributed by atoms with E-state index in [1.165, 1.54) is 12.1 Å². The van der Waals surface area contributed by atoms with Crippen molar-refractivity contribution in [3.05, 3.63) is 36.0 Å². The molecule has 10 heteroatoms. The van der Waals surface area contributed by atoms with Crippen LogP contribution in [-0.2, 0) is 26.6 Å². The lowest BCUT2D eigenvalue weighted by atomic mass is 10.2. The first kappa shape index (κ1) is 15.6. The molecule has 0 fully saturated rings. The van der Waals surface area contributed by atoms with Crippen LogP contribution >= 0.6 is 0 Å². The number of nitrogens with zero attached hydrogens (tertiary/aromatic N) is 3. The van der Waals surface area contributed by atoms with Gasteiger partial charge < -0.3 is 0 Å². The molecule has 1 heterocycles. The largest absolute Gasteiger partial charge is 0.304 e. The summed E-state index contributed by atoms with van der Waals surface area (Å²) in [5, 5.41) is 6.66. The third kappa shape index (κ3) is 3.85. The Morgan fingerprint density at radius 2 is 1.76 bits per heavy atom. The summed E-state index contributed by atoms with van der Waals surface area (Å²) >= 11 is 0. The molecule has 0 radical (unpaired) electrons. The molecule has 114 valence electrons. The van der Waals surface area contributed by atoms with Gasteiger partial charge in [-0.1, -0.05) is 22.9 Å². The van der Waals surface area contributed by atoms with Crippen LogP contribution in [0.3, 0.4) is 0 Å². The number of rotatable bonds is 5. The second-order valence-electron chi connectivity index (χ2n) is 4.38. The van der Waals surface area contributed by atoms with E-state index >= 15 is 0 Å². The minimum atomic E-state index is -4.64. The molecule has 0 amide bonds. The van der Waals surface area contributed by atoms with Crippen molar-refractivity contribution in [3.8, 4) is 0 Å². The average Bonchev–Trinajstić information content (AvgIpc) is 2.85.